The van der Waals surface area contributed by atoms with Crippen molar-refractivity contribution in [2.45, 2.75) is 25.3 Å². The predicted molar refractivity (Wildman–Crippen MR) is 65.8 cm³/mol. The lowest BCUT2D eigenvalue weighted by molar-refractivity contribution is 0.766. The number of fused-ring (bicyclic) bond motifs is 1. The molecule has 0 spiro atoms. The number of halogens is 1. The van der Waals surface area contributed by atoms with Crippen molar-refractivity contribution in [1.29, 1.82) is 0 Å². The summed E-state index contributed by atoms with van der Waals surface area (Å²) in [4.78, 5) is 4.42. The van der Waals surface area contributed by atoms with Gasteiger partial charge in [0.2, 0.25) is 0 Å². The number of nitrogens with zero attached hydrogens (tertiary/aromatic N) is 2. The van der Waals surface area contributed by atoms with Crippen LogP contribution in [0.15, 0.2) is 18.5 Å². The summed E-state index contributed by atoms with van der Waals surface area (Å²) >= 11 is 6.31. The van der Waals surface area contributed by atoms with E-state index in [0.717, 1.165) is 22.5 Å². The zero-order valence-electron chi connectivity index (χ0n) is 8.99. The molecular weight excluding hydrogens is 222 g/mol. The molecule has 0 amide bonds. The van der Waals surface area contributed by atoms with Crippen LogP contribution in [0.3, 0.4) is 0 Å². The van der Waals surface area contributed by atoms with Gasteiger partial charge in [-0.3, -0.25) is 0 Å². The van der Waals surface area contributed by atoms with E-state index in [1.165, 1.54) is 18.4 Å². The molecule has 2 aromatic rings. The molecule has 1 heterocycles. The maximum absolute atomic E-state index is 6.31. The van der Waals surface area contributed by atoms with Crippen molar-refractivity contribution >= 4 is 22.6 Å². The van der Waals surface area contributed by atoms with Crippen LogP contribution in [0.4, 0.5) is 0 Å². The Morgan fingerprint density at radius 3 is 2.94 bits per heavy atom. The van der Waals surface area contributed by atoms with Crippen molar-refractivity contribution < 1.29 is 0 Å². The van der Waals surface area contributed by atoms with Gasteiger partial charge in [0.1, 0.15) is 0 Å². The van der Waals surface area contributed by atoms with Gasteiger partial charge in [0.15, 0.2) is 0 Å². The van der Waals surface area contributed by atoms with Gasteiger partial charge in [-0.05, 0) is 43.5 Å². The van der Waals surface area contributed by atoms with Crippen molar-refractivity contribution in [3.63, 3.8) is 0 Å². The number of hydrogen-bond donors (Lipinski definition) is 1. The molecule has 3 nitrogen and oxygen atoms in total. The summed E-state index contributed by atoms with van der Waals surface area (Å²) in [5, 5.41) is 0.797. The van der Waals surface area contributed by atoms with Crippen molar-refractivity contribution in [3.8, 4) is 0 Å². The highest BCUT2D eigenvalue weighted by Crippen LogP contribution is 2.39. The molecule has 1 aromatic carbocycles. The summed E-state index contributed by atoms with van der Waals surface area (Å²) in [6.07, 6.45) is 5.24. The van der Waals surface area contributed by atoms with Crippen LogP contribution in [0.2, 0.25) is 5.02 Å². The summed E-state index contributed by atoms with van der Waals surface area (Å²) < 4.78 is 2.20. The Labute approximate surface area is 99.2 Å². The Morgan fingerprint density at radius 1 is 1.44 bits per heavy atom. The molecule has 0 aliphatic heterocycles. The molecule has 4 heteroatoms. The second-order valence-corrected chi connectivity index (χ2v) is 4.77. The van der Waals surface area contributed by atoms with Crippen molar-refractivity contribution in [3.05, 3.63) is 29.0 Å². The first-order valence-electron chi connectivity index (χ1n) is 5.64. The van der Waals surface area contributed by atoms with E-state index in [-0.39, 0.29) is 0 Å². The minimum absolute atomic E-state index is 0.614. The van der Waals surface area contributed by atoms with Gasteiger partial charge in [0, 0.05) is 6.04 Å². The minimum Gasteiger partial charge on any atom is -0.330 e. The van der Waals surface area contributed by atoms with E-state index in [1.807, 2.05) is 12.4 Å². The molecule has 2 N–H and O–H groups in total. The highest BCUT2D eigenvalue weighted by Gasteiger charge is 2.25. The van der Waals surface area contributed by atoms with Crippen LogP contribution in [0.5, 0.6) is 0 Å². The Hall–Kier alpha value is -1.06. The molecule has 1 aliphatic rings. The Bertz CT molecular complexity index is 528. The fraction of sp³-hybridized carbons (Fsp3) is 0.417. The molecule has 84 valence electrons. The largest absolute Gasteiger partial charge is 0.330 e. The van der Waals surface area contributed by atoms with Gasteiger partial charge in [0.05, 0.1) is 22.4 Å². The Morgan fingerprint density at radius 2 is 2.25 bits per heavy atom. The zero-order valence-corrected chi connectivity index (χ0v) is 9.74. The number of aromatic nitrogens is 2. The van der Waals surface area contributed by atoms with Gasteiger partial charge in [-0.15, -0.1) is 0 Å². The molecule has 3 rings (SSSR count). The molecule has 0 saturated heterocycles. The van der Waals surface area contributed by atoms with Crippen LogP contribution < -0.4 is 5.73 Å². The maximum Gasteiger partial charge on any atom is 0.0961 e. The van der Waals surface area contributed by atoms with E-state index in [9.17, 15) is 0 Å². The second-order valence-electron chi connectivity index (χ2n) is 4.37. The summed E-state index contributed by atoms with van der Waals surface area (Å²) in [7, 11) is 0. The highest BCUT2D eigenvalue weighted by atomic mass is 35.5. The SMILES string of the molecule is NCCc1cc(Cl)c2c(c1)ncn2C1CC1. The van der Waals surface area contributed by atoms with Gasteiger partial charge in [0.25, 0.3) is 0 Å². The molecule has 0 unspecified atom stereocenters. The van der Waals surface area contributed by atoms with Crippen molar-refractivity contribution in [2.75, 3.05) is 6.54 Å². The van der Waals surface area contributed by atoms with E-state index in [4.69, 9.17) is 17.3 Å². The van der Waals surface area contributed by atoms with E-state index in [2.05, 4.69) is 15.6 Å². The summed E-state index contributed by atoms with van der Waals surface area (Å²) in [6.45, 7) is 0.644. The molecule has 0 bridgehead atoms. The van der Waals surface area contributed by atoms with Crippen molar-refractivity contribution in [2.24, 2.45) is 5.73 Å². The molecule has 0 atom stereocenters. The minimum atomic E-state index is 0.614. The first-order chi connectivity index (χ1) is 7.79. The first-order valence-corrected chi connectivity index (χ1v) is 6.02. The van der Waals surface area contributed by atoms with Gasteiger partial charge >= 0.3 is 0 Å². The Kier molecular flexibility index (Phi) is 2.37. The van der Waals surface area contributed by atoms with Gasteiger partial charge < -0.3 is 10.3 Å². The second kappa shape index (κ2) is 3.75. The van der Waals surface area contributed by atoms with Crippen molar-refractivity contribution in [1.82, 2.24) is 9.55 Å². The van der Waals surface area contributed by atoms with Gasteiger partial charge in [-0.1, -0.05) is 11.6 Å². The lowest BCUT2D eigenvalue weighted by Gasteiger charge is -2.05. The molecule has 16 heavy (non-hydrogen) atoms. The fourth-order valence-electron chi connectivity index (χ4n) is 2.12. The van der Waals surface area contributed by atoms with Crippen LogP contribution in [0.1, 0.15) is 24.4 Å². The predicted octanol–water partition coefficient (Wildman–Crippen LogP) is 2.53. The fourth-order valence-corrected chi connectivity index (χ4v) is 2.45. The number of benzene rings is 1. The maximum atomic E-state index is 6.31. The smallest absolute Gasteiger partial charge is 0.0961 e. The topological polar surface area (TPSA) is 43.8 Å². The number of rotatable bonds is 3. The van der Waals surface area contributed by atoms with Crippen LogP contribution in [-0.4, -0.2) is 16.1 Å². The highest BCUT2D eigenvalue weighted by molar-refractivity contribution is 6.35. The van der Waals surface area contributed by atoms with E-state index < -0.39 is 0 Å². The van der Waals surface area contributed by atoms with Gasteiger partial charge in [-0.25, -0.2) is 4.98 Å². The number of imidazole rings is 1. The van der Waals surface area contributed by atoms with Gasteiger partial charge in [-0.2, -0.15) is 0 Å². The lowest BCUT2D eigenvalue weighted by Crippen LogP contribution is -2.02. The third-order valence-corrected chi connectivity index (χ3v) is 3.34. The van der Waals surface area contributed by atoms with Crippen LogP contribution in [0.25, 0.3) is 11.0 Å². The first kappa shape index (κ1) is 10.1. The molecule has 1 aliphatic carbocycles. The van der Waals surface area contributed by atoms with E-state index >= 15 is 0 Å². The molecule has 1 saturated carbocycles. The average Bonchev–Trinajstić information content (AvgIpc) is 3.00. The molecule has 1 fully saturated rings. The summed E-state index contributed by atoms with van der Waals surface area (Å²) in [5.41, 5.74) is 8.78. The quantitative estimate of drug-likeness (QED) is 0.889. The third kappa shape index (κ3) is 1.60. The van der Waals surface area contributed by atoms with Crippen LogP contribution in [0, 0.1) is 0 Å². The van der Waals surface area contributed by atoms with E-state index in [1.54, 1.807) is 0 Å². The Balaban J connectivity index is 2.14. The standard InChI is InChI=1S/C12H14ClN3/c13-10-5-8(3-4-14)6-11-12(10)16(7-15-11)9-1-2-9/h5-7,9H,1-4,14H2. The average molecular weight is 236 g/mol. The van der Waals surface area contributed by atoms with E-state index in [0.29, 0.717) is 12.6 Å². The third-order valence-electron chi connectivity index (χ3n) is 3.06. The normalized spacial score (nSPS) is 15.9. The zero-order chi connectivity index (χ0) is 11.1. The van der Waals surface area contributed by atoms with Crippen LogP contribution >= 0.6 is 11.6 Å². The molecule has 0 radical (unpaired) electrons. The van der Waals surface area contributed by atoms with Crippen LogP contribution in [-0.2, 0) is 6.42 Å². The number of hydrogen-bond acceptors (Lipinski definition) is 2. The lowest BCUT2D eigenvalue weighted by atomic mass is 10.1. The molecule has 1 aromatic heterocycles. The summed E-state index contributed by atoms with van der Waals surface area (Å²) in [6, 6.07) is 4.72. The summed E-state index contributed by atoms with van der Waals surface area (Å²) in [5.74, 6) is 0. The number of nitrogens with two attached hydrogens (primary N) is 1. The molecular formula is C12H14ClN3. The monoisotopic (exact) mass is 235 g/mol.